The van der Waals surface area contributed by atoms with Crippen molar-refractivity contribution < 1.29 is 5.11 Å². The molecule has 1 aliphatic carbocycles. The highest BCUT2D eigenvalue weighted by atomic mass is 32.2. The van der Waals surface area contributed by atoms with Gasteiger partial charge in [0.25, 0.3) is 0 Å². The van der Waals surface area contributed by atoms with Crippen molar-refractivity contribution in [3.8, 4) is 0 Å². The maximum absolute atomic E-state index is 9.75. The molecule has 0 aliphatic heterocycles. The third kappa shape index (κ3) is 2.68. The van der Waals surface area contributed by atoms with E-state index in [2.05, 4.69) is 9.36 Å². The van der Waals surface area contributed by atoms with E-state index in [0.717, 1.165) is 22.9 Å². The molecule has 1 aromatic heterocycles. The lowest BCUT2D eigenvalue weighted by Gasteiger charge is -2.26. The van der Waals surface area contributed by atoms with Crippen molar-refractivity contribution in [1.29, 1.82) is 0 Å². The van der Waals surface area contributed by atoms with Crippen LogP contribution < -0.4 is 0 Å². The summed E-state index contributed by atoms with van der Waals surface area (Å²) >= 11 is 3.16. The largest absolute Gasteiger partial charge is 0.393 e. The third-order valence-corrected chi connectivity index (χ3v) is 4.62. The lowest BCUT2D eigenvalue weighted by molar-refractivity contribution is 0.0816. The van der Waals surface area contributed by atoms with E-state index in [1.807, 2.05) is 0 Å². The number of aliphatic hydroxyl groups is 1. The quantitative estimate of drug-likeness (QED) is 0.808. The van der Waals surface area contributed by atoms with Gasteiger partial charge < -0.3 is 5.11 Å². The lowest BCUT2D eigenvalue weighted by Crippen LogP contribution is -2.26. The van der Waals surface area contributed by atoms with Crippen LogP contribution in [0.25, 0.3) is 0 Å². The van der Waals surface area contributed by atoms with Crippen molar-refractivity contribution in [3.05, 3.63) is 6.33 Å². The Kier molecular flexibility index (Phi) is 3.78. The Morgan fingerprint density at radius 1 is 1.50 bits per heavy atom. The first-order valence-corrected chi connectivity index (χ1v) is 6.69. The molecule has 0 amide bonds. The molecule has 0 bridgehead atoms. The zero-order valence-corrected chi connectivity index (χ0v) is 9.56. The fourth-order valence-corrected chi connectivity index (χ4v) is 3.48. The van der Waals surface area contributed by atoms with Crippen LogP contribution in [0, 0.1) is 5.92 Å². The maximum atomic E-state index is 9.75. The summed E-state index contributed by atoms with van der Waals surface area (Å²) in [4.78, 5) is 4.11. The molecule has 1 aromatic rings. The van der Waals surface area contributed by atoms with E-state index in [1.54, 1.807) is 18.1 Å². The fraction of sp³-hybridized carbons (Fsp3) is 0.778. The molecular weight excluding hydrogens is 216 g/mol. The fourth-order valence-electron chi connectivity index (χ4n) is 1.79. The summed E-state index contributed by atoms with van der Waals surface area (Å²) in [5.41, 5.74) is 0. The van der Waals surface area contributed by atoms with Crippen molar-refractivity contribution in [2.45, 2.75) is 36.1 Å². The Labute approximate surface area is 92.1 Å². The highest BCUT2D eigenvalue weighted by Gasteiger charge is 2.23. The molecule has 0 spiro atoms. The van der Waals surface area contributed by atoms with Crippen molar-refractivity contribution in [1.82, 2.24) is 9.36 Å². The van der Waals surface area contributed by atoms with Crippen LogP contribution in [0.5, 0.6) is 0 Å². The summed E-state index contributed by atoms with van der Waals surface area (Å²) in [6, 6.07) is 0. The van der Waals surface area contributed by atoms with Crippen molar-refractivity contribution in [2.75, 3.05) is 5.75 Å². The molecule has 0 radical (unpaired) electrons. The van der Waals surface area contributed by atoms with Crippen LogP contribution >= 0.6 is 23.3 Å². The highest BCUT2D eigenvalue weighted by Crippen LogP contribution is 2.30. The van der Waals surface area contributed by atoms with Gasteiger partial charge in [-0.05, 0) is 30.3 Å². The van der Waals surface area contributed by atoms with Crippen LogP contribution in [0.1, 0.15) is 25.7 Å². The van der Waals surface area contributed by atoms with Gasteiger partial charge in [-0.25, -0.2) is 4.98 Å². The number of aliphatic hydroxyl groups excluding tert-OH is 1. The molecule has 1 fully saturated rings. The Hall–Kier alpha value is -0.130. The zero-order valence-electron chi connectivity index (χ0n) is 7.93. The molecule has 78 valence electrons. The Morgan fingerprint density at radius 2 is 2.36 bits per heavy atom. The van der Waals surface area contributed by atoms with Crippen molar-refractivity contribution in [2.24, 2.45) is 5.92 Å². The second-order valence-corrected chi connectivity index (χ2v) is 5.68. The van der Waals surface area contributed by atoms with Gasteiger partial charge in [-0.1, -0.05) is 24.6 Å². The van der Waals surface area contributed by atoms with E-state index in [4.69, 9.17) is 0 Å². The average Bonchev–Trinajstić information content (AvgIpc) is 2.69. The van der Waals surface area contributed by atoms with Gasteiger partial charge in [-0.3, -0.25) is 0 Å². The SMILES string of the molecule is OC1CCCCC1CSc1ncns1. The molecule has 0 saturated heterocycles. The minimum atomic E-state index is -0.0934. The van der Waals surface area contributed by atoms with Gasteiger partial charge in [0.05, 0.1) is 6.10 Å². The second-order valence-electron chi connectivity index (χ2n) is 3.63. The predicted molar refractivity (Wildman–Crippen MR) is 58.6 cm³/mol. The van der Waals surface area contributed by atoms with Gasteiger partial charge in [0.1, 0.15) is 6.33 Å². The lowest BCUT2D eigenvalue weighted by atomic mass is 9.88. The number of nitrogens with zero attached hydrogens (tertiary/aromatic N) is 2. The van der Waals surface area contributed by atoms with Crippen LogP contribution in [0.2, 0.25) is 0 Å². The van der Waals surface area contributed by atoms with Crippen LogP contribution in [0.15, 0.2) is 10.7 Å². The standard InChI is InChI=1S/C9H14N2OS2/c12-8-4-2-1-3-7(8)5-13-9-10-6-11-14-9/h6-8,12H,1-5H2. The van der Waals surface area contributed by atoms with Gasteiger partial charge in [0.15, 0.2) is 4.34 Å². The maximum Gasteiger partial charge on any atom is 0.169 e. The van der Waals surface area contributed by atoms with E-state index in [-0.39, 0.29) is 6.10 Å². The summed E-state index contributed by atoms with van der Waals surface area (Å²) in [6.07, 6.45) is 6.07. The Bertz CT molecular complexity index is 266. The van der Waals surface area contributed by atoms with Crippen LogP contribution in [0.4, 0.5) is 0 Å². The summed E-state index contributed by atoms with van der Waals surface area (Å²) < 4.78 is 4.97. The summed E-state index contributed by atoms with van der Waals surface area (Å²) in [5, 5.41) is 9.75. The topological polar surface area (TPSA) is 46.0 Å². The average molecular weight is 230 g/mol. The molecule has 2 atom stereocenters. The van der Waals surface area contributed by atoms with Gasteiger partial charge in [0.2, 0.25) is 0 Å². The minimum Gasteiger partial charge on any atom is -0.393 e. The van der Waals surface area contributed by atoms with E-state index >= 15 is 0 Å². The summed E-state index contributed by atoms with van der Waals surface area (Å²) in [7, 11) is 0. The first-order valence-electron chi connectivity index (χ1n) is 4.94. The van der Waals surface area contributed by atoms with Gasteiger partial charge >= 0.3 is 0 Å². The first-order chi connectivity index (χ1) is 6.86. The summed E-state index contributed by atoms with van der Waals surface area (Å²) in [6.45, 7) is 0. The van der Waals surface area contributed by atoms with Gasteiger partial charge in [-0.2, -0.15) is 4.37 Å². The number of aromatic nitrogens is 2. The number of hydrogen-bond donors (Lipinski definition) is 1. The first kappa shape index (κ1) is 10.4. The van der Waals surface area contributed by atoms with E-state index in [9.17, 15) is 5.11 Å². The molecule has 14 heavy (non-hydrogen) atoms. The van der Waals surface area contributed by atoms with Crippen LogP contribution in [0.3, 0.4) is 0 Å². The number of thioether (sulfide) groups is 1. The number of rotatable bonds is 3. The monoisotopic (exact) mass is 230 g/mol. The Balaban J connectivity index is 1.79. The molecule has 1 heterocycles. The van der Waals surface area contributed by atoms with Crippen LogP contribution in [-0.4, -0.2) is 26.3 Å². The molecule has 1 aliphatic rings. The second kappa shape index (κ2) is 5.09. The minimum absolute atomic E-state index is 0.0934. The molecule has 3 nitrogen and oxygen atoms in total. The van der Waals surface area contributed by atoms with Gasteiger partial charge in [0, 0.05) is 5.75 Å². The number of hydrogen-bond acceptors (Lipinski definition) is 5. The summed E-state index contributed by atoms with van der Waals surface area (Å²) in [5.74, 6) is 1.44. The molecule has 2 unspecified atom stereocenters. The zero-order chi connectivity index (χ0) is 9.80. The van der Waals surface area contributed by atoms with Crippen LogP contribution in [-0.2, 0) is 0 Å². The van der Waals surface area contributed by atoms with E-state index < -0.39 is 0 Å². The van der Waals surface area contributed by atoms with Gasteiger partial charge in [-0.15, -0.1) is 0 Å². The molecule has 1 N–H and O–H groups in total. The predicted octanol–water partition coefficient (Wildman–Crippen LogP) is 2.18. The van der Waals surface area contributed by atoms with Crippen molar-refractivity contribution >= 4 is 23.3 Å². The third-order valence-electron chi connectivity index (χ3n) is 2.63. The molecule has 2 rings (SSSR count). The normalized spacial score (nSPS) is 27.8. The molecule has 0 aromatic carbocycles. The van der Waals surface area contributed by atoms with E-state index in [0.29, 0.717) is 5.92 Å². The Morgan fingerprint density at radius 3 is 3.07 bits per heavy atom. The molecule has 5 heteroatoms. The molecular formula is C9H14N2OS2. The highest BCUT2D eigenvalue weighted by molar-refractivity contribution is 8.00. The molecule has 1 saturated carbocycles. The van der Waals surface area contributed by atoms with Crippen molar-refractivity contribution in [3.63, 3.8) is 0 Å². The smallest absolute Gasteiger partial charge is 0.169 e. The van der Waals surface area contributed by atoms with E-state index in [1.165, 1.54) is 24.4 Å².